The highest BCUT2D eigenvalue weighted by atomic mass is 32.2. The van der Waals surface area contributed by atoms with E-state index in [2.05, 4.69) is 9.97 Å². The van der Waals surface area contributed by atoms with Crippen LogP contribution in [0.2, 0.25) is 0 Å². The van der Waals surface area contributed by atoms with Gasteiger partial charge < -0.3 is 4.42 Å². The molecule has 0 radical (unpaired) electrons. The number of fused-ring (bicyclic) bond motifs is 1. The second-order valence-electron chi connectivity index (χ2n) is 3.57. The summed E-state index contributed by atoms with van der Waals surface area (Å²) in [5, 5.41) is 1.41. The molecule has 3 aromatic rings. The van der Waals surface area contributed by atoms with Gasteiger partial charge in [-0.1, -0.05) is 18.2 Å². The first-order valence-corrected chi connectivity index (χ1v) is 6.12. The minimum atomic E-state index is -0.369. The average molecular weight is 256 g/mol. The van der Waals surface area contributed by atoms with E-state index in [1.165, 1.54) is 11.8 Å². The van der Waals surface area contributed by atoms with Crippen LogP contribution in [-0.2, 0) is 0 Å². The smallest absolute Gasteiger partial charge is 0.350 e. The number of nitrogens with zero attached hydrogens (tertiary/aromatic N) is 2. The molecule has 1 aromatic carbocycles. The molecule has 0 N–H and O–H groups in total. The van der Waals surface area contributed by atoms with Crippen LogP contribution in [0.4, 0.5) is 0 Å². The monoisotopic (exact) mass is 256 g/mol. The van der Waals surface area contributed by atoms with Crippen molar-refractivity contribution in [3.8, 4) is 0 Å². The first-order valence-electron chi connectivity index (χ1n) is 5.31. The van der Waals surface area contributed by atoms with Crippen molar-refractivity contribution in [2.24, 2.45) is 0 Å². The molecule has 0 aliphatic rings. The molecule has 2 heterocycles. The highest BCUT2D eigenvalue weighted by Gasteiger charge is 2.07. The van der Waals surface area contributed by atoms with Crippen molar-refractivity contribution in [2.75, 3.05) is 0 Å². The zero-order valence-corrected chi connectivity index (χ0v) is 10.1. The van der Waals surface area contributed by atoms with Crippen LogP contribution in [0.1, 0.15) is 0 Å². The topological polar surface area (TPSA) is 56.0 Å². The molecule has 0 aliphatic heterocycles. The lowest BCUT2D eigenvalue weighted by molar-refractivity contribution is 0.543. The summed E-state index contributed by atoms with van der Waals surface area (Å²) in [4.78, 5) is 20.4. The van der Waals surface area contributed by atoms with Crippen molar-refractivity contribution < 1.29 is 4.42 Å². The van der Waals surface area contributed by atoms with E-state index in [0.717, 1.165) is 5.39 Å². The molecule has 3 rings (SSSR count). The summed E-state index contributed by atoms with van der Waals surface area (Å²) < 4.78 is 5.23. The first-order chi connectivity index (χ1) is 8.83. The van der Waals surface area contributed by atoms with Gasteiger partial charge in [-0.05, 0) is 30.0 Å². The molecule has 0 atom stereocenters. The Morgan fingerprint density at radius 1 is 1.06 bits per heavy atom. The summed E-state index contributed by atoms with van der Waals surface area (Å²) in [6.45, 7) is 0. The van der Waals surface area contributed by atoms with Crippen LogP contribution in [0.3, 0.4) is 0 Å². The number of rotatable bonds is 2. The van der Waals surface area contributed by atoms with Crippen LogP contribution in [-0.4, -0.2) is 9.97 Å². The Bertz CT molecular complexity index is 741. The van der Waals surface area contributed by atoms with Gasteiger partial charge in [0.2, 0.25) is 0 Å². The zero-order valence-electron chi connectivity index (χ0n) is 9.24. The van der Waals surface area contributed by atoms with Crippen molar-refractivity contribution in [1.82, 2.24) is 9.97 Å². The summed E-state index contributed by atoms with van der Waals surface area (Å²) in [6.07, 6.45) is 3.27. The largest absolute Gasteiger partial charge is 0.422 e. The third kappa shape index (κ3) is 2.12. The molecule has 18 heavy (non-hydrogen) atoms. The Kier molecular flexibility index (Phi) is 2.82. The van der Waals surface area contributed by atoms with E-state index in [-0.39, 0.29) is 5.63 Å². The first kappa shape index (κ1) is 11.0. The molecule has 0 saturated carbocycles. The van der Waals surface area contributed by atoms with Crippen LogP contribution in [0.5, 0.6) is 0 Å². The van der Waals surface area contributed by atoms with Crippen molar-refractivity contribution in [2.45, 2.75) is 10.1 Å². The highest BCUT2D eigenvalue weighted by molar-refractivity contribution is 7.99. The van der Waals surface area contributed by atoms with Gasteiger partial charge in [0.15, 0.2) is 5.16 Å². The highest BCUT2D eigenvalue weighted by Crippen LogP contribution is 2.23. The van der Waals surface area contributed by atoms with Gasteiger partial charge in [0.1, 0.15) is 10.5 Å². The fourth-order valence-corrected chi connectivity index (χ4v) is 2.29. The summed E-state index contributed by atoms with van der Waals surface area (Å²) in [7, 11) is 0. The van der Waals surface area contributed by atoms with Gasteiger partial charge in [-0.3, -0.25) is 0 Å². The fraction of sp³-hybridized carbons (Fsp3) is 0. The molecule has 88 valence electrons. The number of benzene rings is 1. The number of hydrogen-bond donors (Lipinski definition) is 0. The minimum absolute atomic E-state index is 0.369. The molecule has 2 aromatic heterocycles. The molecule has 0 unspecified atom stereocenters. The van der Waals surface area contributed by atoms with Gasteiger partial charge in [-0.25, -0.2) is 14.8 Å². The van der Waals surface area contributed by atoms with E-state index in [0.29, 0.717) is 15.6 Å². The molecule has 0 saturated heterocycles. The van der Waals surface area contributed by atoms with Crippen molar-refractivity contribution in [3.63, 3.8) is 0 Å². The van der Waals surface area contributed by atoms with Crippen LogP contribution in [0.15, 0.2) is 68.1 Å². The SMILES string of the molecule is O=c1oc2ccccc2cc1Sc1ncccn1. The van der Waals surface area contributed by atoms with E-state index in [1.54, 1.807) is 30.6 Å². The molecule has 0 aliphatic carbocycles. The quantitative estimate of drug-likeness (QED) is 0.521. The van der Waals surface area contributed by atoms with Crippen molar-refractivity contribution >= 4 is 22.7 Å². The Hall–Kier alpha value is -2.14. The van der Waals surface area contributed by atoms with Gasteiger partial charge in [-0.15, -0.1) is 0 Å². The van der Waals surface area contributed by atoms with E-state index in [9.17, 15) is 4.79 Å². The van der Waals surface area contributed by atoms with Gasteiger partial charge in [-0.2, -0.15) is 0 Å². The molecular formula is C13H8N2O2S. The molecule has 0 fully saturated rings. The molecular weight excluding hydrogens is 248 g/mol. The summed E-state index contributed by atoms with van der Waals surface area (Å²) >= 11 is 1.20. The minimum Gasteiger partial charge on any atom is -0.422 e. The van der Waals surface area contributed by atoms with Crippen molar-refractivity contribution in [1.29, 1.82) is 0 Å². The maximum absolute atomic E-state index is 11.8. The normalized spacial score (nSPS) is 10.7. The van der Waals surface area contributed by atoms with Gasteiger partial charge in [0.25, 0.3) is 0 Å². The summed E-state index contributed by atoms with van der Waals surface area (Å²) in [6, 6.07) is 10.9. The van der Waals surface area contributed by atoms with Gasteiger partial charge in [0.05, 0.1) is 0 Å². The maximum atomic E-state index is 11.8. The fourth-order valence-electron chi connectivity index (χ4n) is 1.55. The molecule has 0 spiro atoms. The zero-order chi connectivity index (χ0) is 12.4. The molecule has 5 heteroatoms. The Balaban J connectivity index is 2.07. The van der Waals surface area contributed by atoms with Crippen molar-refractivity contribution in [3.05, 3.63) is 59.2 Å². The van der Waals surface area contributed by atoms with Gasteiger partial charge in [0, 0.05) is 17.8 Å². The van der Waals surface area contributed by atoms with E-state index in [1.807, 2.05) is 18.2 Å². The summed E-state index contributed by atoms with van der Waals surface area (Å²) in [5.74, 6) is 0. The molecule has 0 bridgehead atoms. The molecule has 4 nitrogen and oxygen atoms in total. The number of hydrogen-bond acceptors (Lipinski definition) is 5. The van der Waals surface area contributed by atoms with E-state index in [4.69, 9.17) is 4.42 Å². The second kappa shape index (κ2) is 4.62. The van der Waals surface area contributed by atoms with Crippen LogP contribution < -0.4 is 5.63 Å². The number of para-hydroxylation sites is 1. The average Bonchev–Trinajstić information content (AvgIpc) is 2.41. The van der Waals surface area contributed by atoms with E-state index >= 15 is 0 Å². The van der Waals surface area contributed by atoms with Crippen LogP contribution in [0.25, 0.3) is 11.0 Å². The second-order valence-corrected chi connectivity index (χ2v) is 4.58. The van der Waals surface area contributed by atoms with Crippen LogP contribution in [0, 0.1) is 0 Å². The maximum Gasteiger partial charge on any atom is 0.350 e. The lowest BCUT2D eigenvalue weighted by Gasteiger charge is -2.00. The summed E-state index contributed by atoms with van der Waals surface area (Å²) in [5.41, 5.74) is 0.215. The Labute approximate surface area is 107 Å². The number of aromatic nitrogens is 2. The molecule has 0 amide bonds. The Morgan fingerprint density at radius 2 is 1.83 bits per heavy atom. The third-order valence-corrected chi connectivity index (χ3v) is 3.25. The van der Waals surface area contributed by atoms with E-state index < -0.39 is 0 Å². The standard InChI is InChI=1S/C13H8N2O2S/c16-12-11(18-13-14-6-3-7-15-13)8-9-4-1-2-5-10(9)17-12/h1-8H. The predicted molar refractivity (Wildman–Crippen MR) is 68.6 cm³/mol. The lowest BCUT2D eigenvalue weighted by atomic mass is 10.2. The Morgan fingerprint density at radius 3 is 2.67 bits per heavy atom. The predicted octanol–water partition coefficient (Wildman–Crippen LogP) is 2.73. The van der Waals surface area contributed by atoms with Crippen LogP contribution >= 0.6 is 11.8 Å². The third-order valence-electron chi connectivity index (χ3n) is 2.35. The van der Waals surface area contributed by atoms with Gasteiger partial charge >= 0.3 is 5.63 Å². The lowest BCUT2D eigenvalue weighted by Crippen LogP contribution is -2.01.